The molecule has 0 atom stereocenters. The van der Waals surface area contributed by atoms with Crippen LogP contribution in [0.5, 0.6) is 5.75 Å². The van der Waals surface area contributed by atoms with Crippen LogP contribution in [0.2, 0.25) is 0 Å². The zero-order chi connectivity index (χ0) is 15.5. The number of benzene rings is 1. The van der Waals surface area contributed by atoms with Gasteiger partial charge in [-0.1, -0.05) is 52.3 Å². The lowest BCUT2D eigenvalue weighted by molar-refractivity contribution is 0.302. The maximum absolute atomic E-state index is 12.6. The smallest absolute Gasteiger partial charge is 0.258 e. The van der Waals surface area contributed by atoms with E-state index in [1.54, 1.807) is 4.57 Å². The number of hydrogen-bond donors (Lipinski definition) is 0. The molecule has 0 aliphatic rings. The van der Waals surface area contributed by atoms with Gasteiger partial charge in [-0.3, -0.25) is 4.79 Å². The highest BCUT2D eigenvalue weighted by molar-refractivity contribution is 5.87. The molecule has 0 saturated carbocycles. The molecule has 0 unspecified atom stereocenters. The molecule has 0 fully saturated rings. The molecule has 1 heterocycles. The van der Waals surface area contributed by atoms with Gasteiger partial charge in [-0.05, 0) is 17.9 Å². The van der Waals surface area contributed by atoms with Gasteiger partial charge >= 0.3 is 0 Å². The lowest BCUT2D eigenvalue weighted by Gasteiger charge is -2.21. The van der Waals surface area contributed by atoms with E-state index in [1.807, 2.05) is 30.5 Å². The van der Waals surface area contributed by atoms with Crippen molar-refractivity contribution in [1.29, 1.82) is 0 Å². The summed E-state index contributed by atoms with van der Waals surface area (Å²) in [5.74, 6) is 0.808. The van der Waals surface area contributed by atoms with Gasteiger partial charge in [0, 0.05) is 18.1 Å². The minimum Gasteiger partial charge on any atom is -0.491 e. The lowest BCUT2D eigenvalue weighted by Crippen LogP contribution is -2.26. The quantitative estimate of drug-likeness (QED) is 0.697. The summed E-state index contributed by atoms with van der Waals surface area (Å²) < 4.78 is 7.69. The van der Waals surface area contributed by atoms with E-state index in [4.69, 9.17) is 4.74 Å². The van der Waals surface area contributed by atoms with Crippen molar-refractivity contribution in [3.63, 3.8) is 0 Å². The second kappa shape index (κ2) is 9.19. The monoisotopic (exact) mass is 359 g/mol. The van der Waals surface area contributed by atoms with Gasteiger partial charge in [0.15, 0.2) is 0 Å². The summed E-state index contributed by atoms with van der Waals surface area (Å²) in [4.78, 5) is 12.6. The number of nitrogens with zero attached hydrogens (tertiary/aromatic N) is 1. The van der Waals surface area contributed by atoms with Crippen molar-refractivity contribution >= 4 is 35.6 Å². The Kier molecular flexibility index (Phi) is 8.71. The van der Waals surface area contributed by atoms with Crippen molar-refractivity contribution in [3.05, 3.63) is 40.8 Å². The molecule has 0 aliphatic carbocycles. The highest BCUT2D eigenvalue weighted by atomic mass is 35.5. The third-order valence-electron chi connectivity index (χ3n) is 3.36. The lowest BCUT2D eigenvalue weighted by atomic mass is 9.96. The maximum atomic E-state index is 12.6. The first kappa shape index (κ1) is 21.8. The summed E-state index contributed by atoms with van der Waals surface area (Å²) in [6.45, 7) is 9.90. The minimum absolute atomic E-state index is 0. The predicted molar refractivity (Wildman–Crippen MR) is 103 cm³/mol. The summed E-state index contributed by atoms with van der Waals surface area (Å²) in [7, 11) is 0. The first-order valence-electron chi connectivity index (χ1n) is 7.67. The van der Waals surface area contributed by atoms with Gasteiger partial charge in [0.1, 0.15) is 5.75 Å². The first-order valence-corrected chi connectivity index (χ1v) is 7.67. The Morgan fingerprint density at radius 3 is 2.26 bits per heavy atom. The van der Waals surface area contributed by atoms with Crippen LogP contribution in [0.1, 0.15) is 40.5 Å². The van der Waals surface area contributed by atoms with Crippen molar-refractivity contribution in [1.82, 2.24) is 4.57 Å². The van der Waals surface area contributed by atoms with Gasteiger partial charge in [0.2, 0.25) is 0 Å². The minimum atomic E-state index is 0. The molecule has 0 radical (unpaired) electrons. The zero-order valence-corrected chi connectivity index (χ0v) is 15.9. The molecule has 3 nitrogen and oxygen atoms in total. The number of pyridine rings is 1. The van der Waals surface area contributed by atoms with Crippen LogP contribution in [0.15, 0.2) is 35.3 Å². The van der Waals surface area contributed by atoms with Crippen LogP contribution in [0.25, 0.3) is 10.8 Å². The van der Waals surface area contributed by atoms with E-state index in [0.717, 1.165) is 29.4 Å². The summed E-state index contributed by atoms with van der Waals surface area (Å²) in [6.07, 6.45) is 3.98. The van der Waals surface area contributed by atoms with Crippen molar-refractivity contribution in [2.45, 2.75) is 47.1 Å². The average Bonchev–Trinajstić information content (AvgIpc) is 2.42. The largest absolute Gasteiger partial charge is 0.491 e. The van der Waals surface area contributed by atoms with E-state index in [9.17, 15) is 4.79 Å². The Balaban J connectivity index is 0.00000242. The van der Waals surface area contributed by atoms with Gasteiger partial charge in [-0.15, -0.1) is 24.8 Å². The van der Waals surface area contributed by atoms with E-state index in [2.05, 4.69) is 27.7 Å². The molecule has 0 aliphatic heterocycles. The number of fused-ring (bicyclic) bond motifs is 1. The molecular weight excluding hydrogens is 333 g/mol. The summed E-state index contributed by atoms with van der Waals surface area (Å²) in [5.41, 5.74) is 0.107. The summed E-state index contributed by atoms with van der Waals surface area (Å²) in [6, 6.07) is 7.69. The molecule has 1 aromatic heterocycles. The fraction of sp³-hybridized carbons (Fsp3) is 0.500. The summed E-state index contributed by atoms with van der Waals surface area (Å²) >= 11 is 0. The maximum Gasteiger partial charge on any atom is 0.258 e. The Morgan fingerprint density at radius 2 is 1.70 bits per heavy atom. The second-order valence-corrected chi connectivity index (χ2v) is 6.73. The fourth-order valence-corrected chi connectivity index (χ4v) is 2.38. The molecular formula is C18H27Cl2NO2. The van der Waals surface area contributed by atoms with Crippen LogP contribution >= 0.6 is 24.8 Å². The second-order valence-electron chi connectivity index (χ2n) is 6.73. The van der Waals surface area contributed by atoms with Crippen molar-refractivity contribution in [2.75, 3.05) is 6.61 Å². The SMILES string of the molecule is CCCCOc1cn(CC(C)(C)C)c(=O)c2ccccc12.Cl.Cl. The molecule has 0 bridgehead atoms. The Morgan fingerprint density at radius 1 is 1.09 bits per heavy atom. The number of ether oxygens (including phenoxy) is 1. The van der Waals surface area contributed by atoms with Gasteiger partial charge in [-0.25, -0.2) is 0 Å². The normalized spacial score (nSPS) is 10.8. The van der Waals surface area contributed by atoms with Crippen molar-refractivity contribution in [2.24, 2.45) is 5.41 Å². The number of aromatic nitrogens is 1. The topological polar surface area (TPSA) is 31.2 Å². The fourth-order valence-electron chi connectivity index (χ4n) is 2.38. The van der Waals surface area contributed by atoms with Crippen LogP contribution in [0.4, 0.5) is 0 Å². The Hall–Kier alpha value is -1.19. The third-order valence-corrected chi connectivity index (χ3v) is 3.36. The Bertz CT molecular complexity index is 675. The number of halogens is 2. The Labute approximate surface area is 150 Å². The molecule has 0 spiro atoms. The molecule has 1 aromatic carbocycles. The summed E-state index contributed by atoms with van der Waals surface area (Å²) in [5, 5.41) is 1.64. The van der Waals surface area contributed by atoms with Crippen LogP contribution in [-0.4, -0.2) is 11.2 Å². The van der Waals surface area contributed by atoms with Gasteiger partial charge in [0.05, 0.1) is 12.0 Å². The molecule has 2 aromatic rings. The van der Waals surface area contributed by atoms with Crippen LogP contribution < -0.4 is 10.3 Å². The zero-order valence-electron chi connectivity index (χ0n) is 14.3. The average molecular weight is 360 g/mol. The highest BCUT2D eigenvalue weighted by Crippen LogP contribution is 2.25. The van der Waals surface area contributed by atoms with Crippen molar-refractivity contribution < 1.29 is 4.74 Å². The molecule has 0 N–H and O–H groups in total. The number of unbranched alkanes of at least 4 members (excludes halogenated alkanes) is 1. The molecule has 5 heteroatoms. The third kappa shape index (κ3) is 5.74. The van der Waals surface area contributed by atoms with Crippen LogP contribution in [0, 0.1) is 5.41 Å². The van der Waals surface area contributed by atoms with E-state index in [-0.39, 0.29) is 35.8 Å². The first-order chi connectivity index (χ1) is 9.92. The molecule has 0 saturated heterocycles. The van der Waals surface area contributed by atoms with Crippen LogP contribution in [-0.2, 0) is 6.54 Å². The van der Waals surface area contributed by atoms with E-state index in [1.165, 1.54) is 0 Å². The molecule has 2 rings (SSSR count). The predicted octanol–water partition coefficient (Wildman–Crippen LogP) is 5.07. The van der Waals surface area contributed by atoms with Gasteiger partial charge in [0.25, 0.3) is 5.56 Å². The highest BCUT2D eigenvalue weighted by Gasteiger charge is 2.15. The van der Waals surface area contributed by atoms with Gasteiger partial charge in [-0.2, -0.15) is 0 Å². The van der Waals surface area contributed by atoms with Crippen molar-refractivity contribution in [3.8, 4) is 5.75 Å². The molecule has 23 heavy (non-hydrogen) atoms. The molecule has 0 amide bonds. The van der Waals surface area contributed by atoms with E-state index >= 15 is 0 Å². The van der Waals surface area contributed by atoms with E-state index in [0.29, 0.717) is 13.2 Å². The van der Waals surface area contributed by atoms with E-state index < -0.39 is 0 Å². The van der Waals surface area contributed by atoms with Crippen LogP contribution in [0.3, 0.4) is 0 Å². The number of hydrogen-bond acceptors (Lipinski definition) is 2. The molecule has 130 valence electrons. The standard InChI is InChI=1S/C18H25NO2.2ClH/c1-5-6-11-21-16-12-19(13-18(2,3)4)17(20)15-10-8-7-9-14(15)16;;/h7-10,12H,5-6,11,13H2,1-4H3;2*1H. The number of rotatable bonds is 5. The van der Waals surface area contributed by atoms with Gasteiger partial charge < -0.3 is 9.30 Å².